The minimum Gasteiger partial charge on any atom is -0.480 e. The molecule has 0 aromatic heterocycles. The molecule has 0 aliphatic carbocycles. The van der Waals surface area contributed by atoms with E-state index in [1.165, 1.54) is 26.2 Å². The molecule has 1 aromatic carbocycles. The average Bonchev–Trinajstić information content (AvgIpc) is 3.68. The smallest absolute Gasteiger partial charge is 0.326 e. The average molecular weight is 819 g/mol. The zero-order valence-electron chi connectivity index (χ0n) is 36.3. The largest absolute Gasteiger partial charge is 0.480 e. The molecule has 16 nitrogen and oxygen atoms in total. The van der Waals surface area contributed by atoms with Crippen molar-refractivity contribution in [2.45, 2.75) is 129 Å². The lowest BCUT2D eigenvalue weighted by Crippen LogP contribution is -2.61. The maximum Gasteiger partial charge on any atom is 0.326 e. The number of nitrogens with two attached hydrogens (primary N) is 1. The molecule has 1 unspecified atom stereocenters. The van der Waals surface area contributed by atoms with E-state index in [2.05, 4.69) is 10.6 Å². The number of hydrogen-bond acceptors (Lipinski definition) is 10. The van der Waals surface area contributed by atoms with Crippen LogP contribution in [0.1, 0.15) is 79.7 Å². The molecule has 58 heavy (non-hydrogen) atoms. The molecule has 16 heteroatoms. The highest BCUT2D eigenvalue weighted by Gasteiger charge is 2.44. The third-order valence-electron chi connectivity index (χ3n) is 11.6. The molecule has 1 aliphatic rings. The number of hydrogen-bond donors (Lipinski definition) is 5. The summed E-state index contributed by atoms with van der Waals surface area (Å²) in [6, 6.07) is 3.66. The van der Waals surface area contributed by atoms with Crippen molar-refractivity contribution in [2.24, 2.45) is 29.4 Å². The molecule has 1 heterocycles. The number of likely N-dealkylation sites (N-methyl/N-ethyl adjacent to an activating group) is 2. The first-order valence-corrected chi connectivity index (χ1v) is 20.4. The maximum atomic E-state index is 14.4. The number of nitrogens with zero attached hydrogens (tertiary/aromatic N) is 3. The fraction of sp³-hybridized carbons (Fsp3) is 0.714. The quantitative estimate of drug-likeness (QED) is 0.107. The summed E-state index contributed by atoms with van der Waals surface area (Å²) in [5.74, 6) is -5.07. The van der Waals surface area contributed by atoms with E-state index in [0.29, 0.717) is 25.8 Å². The van der Waals surface area contributed by atoms with Crippen LogP contribution in [0.3, 0.4) is 0 Å². The molecule has 1 saturated heterocycles. The van der Waals surface area contributed by atoms with Crippen LogP contribution in [0, 0.1) is 23.7 Å². The van der Waals surface area contributed by atoms with Crippen molar-refractivity contribution >= 4 is 35.5 Å². The van der Waals surface area contributed by atoms with E-state index in [1.54, 1.807) is 75.7 Å². The zero-order valence-corrected chi connectivity index (χ0v) is 36.3. The van der Waals surface area contributed by atoms with Crippen molar-refractivity contribution in [3.63, 3.8) is 0 Å². The summed E-state index contributed by atoms with van der Waals surface area (Å²) >= 11 is 0. The van der Waals surface area contributed by atoms with Gasteiger partial charge in [-0.2, -0.15) is 0 Å². The van der Waals surface area contributed by atoms with Gasteiger partial charge in [0.1, 0.15) is 24.2 Å². The predicted molar refractivity (Wildman–Crippen MR) is 219 cm³/mol. The minimum absolute atomic E-state index is 0.0824. The normalized spacial score (nSPS) is 18.9. The van der Waals surface area contributed by atoms with Gasteiger partial charge in [0.25, 0.3) is 0 Å². The summed E-state index contributed by atoms with van der Waals surface area (Å²) in [6.45, 7) is 12.6. The number of carboxylic acid groups (broad SMARTS) is 1. The summed E-state index contributed by atoms with van der Waals surface area (Å²) in [5, 5.41) is 24.9. The molecule has 328 valence electrons. The van der Waals surface area contributed by atoms with Crippen LogP contribution in [0.25, 0.3) is 0 Å². The van der Waals surface area contributed by atoms with Gasteiger partial charge in [0.15, 0.2) is 0 Å². The van der Waals surface area contributed by atoms with Gasteiger partial charge in [0, 0.05) is 41.3 Å². The Labute approximate surface area is 344 Å². The molecule has 1 fully saturated rings. The highest BCUT2D eigenvalue weighted by molar-refractivity contribution is 5.93. The monoisotopic (exact) mass is 819 g/mol. The Morgan fingerprint density at radius 1 is 0.897 bits per heavy atom. The summed E-state index contributed by atoms with van der Waals surface area (Å²) in [4.78, 5) is 85.3. The first-order valence-electron chi connectivity index (χ1n) is 20.4. The Balaban J connectivity index is 2.30. The third-order valence-corrected chi connectivity index (χ3v) is 11.6. The highest BCUT2D eigenvalue weighted by Crippen LogP contribution is 2.30. The number of likely N-dealkylation sites (tertiary alicyclic amines) is 1. The summed E-state index contributed by atoms with van der Waals surface area (Å²) in [6.07, 6.45) is 0.432. The van der Waals surface area contributed by atoms with E-state index in [0.717, 1.165) is 5.56 Å². The summed E-state index contributed by atoms with van der Waals surface area (Å²) < 4.78 is 11.8. The van der Waals surface area contributed by atoms with Gasteiger partial charge in [-0.25, -0.2) is 4.79 Å². The van der Waals surface area contributed by atoms with Crippen LogP contribution in [-0.4, -0.2) is 150 Å². The van der Waals surface area contributed by atoms with Gasteiger partial charge in [0.05, 0.1) is 43.2 Å². The van der Waals surface area contributed by atoms with E-state index >= 15 is 0 Å². The van der Waals surface area contributed by atoms with E-state index in [1.807, 2.05) is 19.9 Å². The second-order valence-corrected chi connectivity index (χ2v) is 16.3. The second kappa shape index (κ2) is 23.5. The van der Waals surface area contributed by atoms with E-state index < -0.39 is 90.6 Å². The SMILES string of the molecule is CC[C@H](C)[C@@H]([C@@H](CC(=O)N1CCC[C@H]1[C@H](OC)[C@@H](C)C(=O)N[C@@H](Cc1ccccc1)C(=O)O)OC)N(C)C(=O)C(NC(=O)[C@H](C(C)C)N(C)C(=O)[C@@H](N)CO)C(C)C. The van der Waals surface area contributed by atoms with Crippen LogP contribution in [-0.2, 0) is 44.7 Å². The molecule has 6 N–H and O–H groups in total. The van der Waals surface area contributed by atoms with Gasteiger partial charge in [0.2, 0.25) is 29.5 Å². The molecule has 5 amide bonds. The van der Waals surface area contributed by atoms with Crippen molar-refractivity contribution < 1.29 is 48.5 Å². The van der Waals surface area contributed by atoms with Gasteiger partial charge < -0.3 is 50.8 Å². The summed E-state index contributed by atoms with van der Waals surface area (Å²) in [5.41, 5.74) is 6.54. The Morgan fingerprint density at radius 2 is 1.52 bits per heavy atom. The van der Waals surface area contributed by atoms with Crippen molar-refractivity contribution in [3.8, 4) is 0 Å². The zero-order chi connectivity index (χ0) is 44.0. The molecule has 0 spiro atoms. The number of aliphatic hydroxyl groups excluding tert-OH is 1. The number of benzene rings is 1. The summed E-state index contributed by atoms with van der Waals surface area (Å²) in [7, 11) is 6.04. The van der Waals surface area contributed by atoms with Crippen molar-refractivity contribution in [3.05, 3.63) is 35.9 Å². The first-order chi connectivity index (χ1) is 27.3. The molecule has 1 aliphatic heterocycles. The number of nitrogens with one attached hydrogen (secondary N) is 2. The van der Waals surface area contributed by atoms with Crippen LogP contribution < -0.4 is 16.4 Å². The number of amides is 5. The van der Waals surface area contributed by atoms with Crippen LogP contribution >= 0.6 is 0 Å². The van der Waals surface area contributed by atoms with Gasteiger partial charge in [-0.05, 0) is 36.2 Å². The number of rotatable bonds is 23. The lowest BCUT2D eigenvalue weighted by atomic mass is 9.89. The van der Waals surface area contributed by atoms with Crippen LogP contribution in [0.5, 0.6) is 0 Å². The number of carbonyl (C=O) groups is 6. The second-order valence-electron chi connectivity index (χ2n) is 16.3. The molecular weight excluding hydrogens is 748 g/mol. The van der Waals surface area contributed by atoms with E-state index in [9.17, 15) is 39.0 Å². The number of carbonyl (C=O) groups excluding carboxylic acids is 5. The number of carboxylic acids is 1. The Kier molecular flexibility index (Phi) is 20.2. The Bertz CT molecular complexity index is 1510. The van der Waals surface area contributed by atoms with Crippen LogP contribution in [0.4, 0.5) is 0 Å². The molecule has 1 aromatic rings. The molecule has 10 atom stereocenters. The van der Waals surface area contributed by atoms with Gasteiger partial charge >= 0.3 is 5.97 Å². The van der Waals surface area contributed by atoms with Crippen LogP contribution in [0.15, 0.2) is 30.3 Å². The fourth-order valence-corrected chi connectivity index (χ4v) is 8.03. The molecule has 0 radical (unpaired) electrons. The lowest BCUT2D eigenvalue weighted by molar-refractivity contribution is -0.149. The first kappa shape index (κ1) is 50.0. The molecular formula is C42H70N6O10. The third kappa shape index (κ3) is 12.9. The number of aliphatic carboxylic acids is 1. The Morgan fingerprint density at radius 3 is 2.02 bits per heavy atom. The standard InChI is InChI=1S/C42H70N6O10/c1-12-26(6)36(47(9)41(54)34(24(2)3)45-39(52)35(25(4)5)46(8)40(53)29(43)23-49)32(57-10)22-33(50)48-20-16-19-31(48)37(58-11)27(7)38(51)44-30(42(55)56)21-28-17-14-13-15-18-28/h13-15,17-18,24-27,29-32,34-37,49H,12,16,19-23,43H2,1-11H3,(H,44,51)(H,45,52)(H,55,56)/t26-,27+,29-,30-,31-,32+,34?,35-,36-,37+/m0/s1. The number of aliphatic hydroxyl groups is 1. The molecule has 0 saturated carbocycles. The molecule has 0 bridgehead atoms. The fourth-order valence-electron chi connectivity index (χ4n) is 8.03. The van der Waals surface area contributed by atoms with E-state index in [-0.39, 0.29) is 36.5 Å². The lowest BCUT2D eigenvalue weighted by Gasteiger charge is -2.41. The van der Waals surface area contributed by atoms with Crippen LogP contribution in [0.2, 0.25) is 0 Å². The Hall–Kier alpha value is -4.12. The van der Waals surface area contributed by atoms with Gasteiger partial charge in [-0.15, -0.1) is 0 Å². The van der Waals surface area contributed by atoms with Crippen molar-refractivity contribution in [1.82, 2.24) is 25.3 Å². The topological polar surface area (TPSA) is 221 Å². The minimum atomic E-state index is -1.20. The number of methoxy groups -OCH3 is 2. The van der Waals surface area contributed by atoms with Crippen molar-refractivity contribution in [2.75, 3.05) is 41.5 Å². The number of ether oxygens (including phenoxy) is 2. The van der Waals surface area contributed by atoms with Gasteiger partial charge in [-0.1, -0.05) is 85.2 Å². The predicted octanol–water partition coefficient (Wildman–Crippen LogP) is 1.66. The van der Waals surface area contributed by atoms with Crippen molar-refractivity contribution in [1.29, 1.82) is 0 Å². The highest BCUT2D eigenvalue weighted by atomic mass is 16.5. The van der Waals surface area contributed by atoms with E-state index in [4.69, 9.17) is 15.2 Å². The van der Waals surface area contributed by atoms with Gasteiger partial charge in [-0.3, -0.25) is 24.0 Å². The molecule has 2 rings (SSSR count). The maximum absolute atomic E-state index is 14.4.